The van der Waals surface area contributed by atoms with E-state index in [1.165, 1.54) is 0 Å². The second-order valence-electron chi connectivity index (χ2n) is 2.19. The van der Waals surface area contributed by atoms with Crippen molar-refractivity contribution in [2.24, 2.45) is 0 Å². The van der Waals surface area contributed by atoms with E-state index in [0.29, 0.717) is 26.4 Å². The van der Waals surface area contributed by atoms with Crippen LogP contribution in [-0.4, -0.2) is 37.8 Å². The molecule has 0 spiro atoms. The Bertz CT molecular complexity index is 76.8. The second kappa shape index (κ2) is 7.94. The van der Waals surface area contributed by atoms with E-state index in [-0.39, 0.29) is 6.10 Å². The highest BCUT2D eigenvalue weighted by Gasteiger charge is 1.99. The van der Waals surface area contributed by atoms with Crippen molar-refractivity contribution in [3.63, 3.8) is 0 Å². The van der Waals surface area contributed by atoms with E-state index in [4.69, 9.17) is 14.7 Å². The van der Waals surface area contributed by atoms with E-state index in [9.17, 15) is 0 Å². The highest BCUT2D eigenvalue weighted by Crippen LogP contribution is 1.88. The summed E-state index contributed by atoms with van der Waals surface area (Å²) >= 11 is 0. The normalized spacial score (nSPS) is 13.4. The Morgan fingerprint density at radius 1 is 1.27 bits per heavy atom. The molecule has 0 aliphatic rings. The summed E-state index contributed by atoms with van der Waals surface area (Å²) < 4.78 is 10.1. The summed E-state index contributed by atoms with van der Waals surface area (Å²) in [4.78, 5) is 3.99. The summed E-state index contributed by atoms with van der Waals surface area (Å²) in [6.45, 7) is 5.88. The molecular weight excluding hydrogens is 148 g/mol. The Hall–Kier alpha value is -0.160. The molecule has 0 radical (unpaired) electrons. The Balaban J connectivity index is 2.89. The van der Waals surface area contributed by atoms with Gasteiger partial charge >= 0.3 is 0 Å². The SMILES string of the molecule is CCOCCOCC(C)OO. The minimum absolute atomic E-state index is 0.267. The summed E-state index contributed by atoms with van der Waals surface area (Å²) in [7, 11) is 0. The minimum atomic E-state index is -0.267. The molecule has 1 atom stereocenters. The Morgan fingerprint density at radius 3 is 2.45 bits per heavy atom. The molecule has 0 saturated carbocycles. The van der Waals surface area contributed by atoms with Gasteiger partial charge in [0.1, 0.15) is 6.10 Å². The largest absolute Gasteiger partial charge is 0.379 e. The fourth-order valence-electron chi connectivity index (χ4n) is 0.542. The molecule has 1 N–H and O–H groups in total. The highest BCUT2D eigenvalue weighted by molar-refractivity contribution is 4.42. The van der Waals surface area contributed by atoms with Crippen LogP contribution in [0.15, 0.2) is 0 Å². The third-order valence-corrected chi connectivity index (χ3v) is 1.11. The van der Waals surface area contributed by atoms with Gasteiger partial charge in [0.2, 0.25) is 0 Å². The van der Waals surface area contributed by atoms with Gasteiger partial charge in [0.05, 0.1) is 19.8 Å². The molecule has 0 aromatic heterocycles. The Morgan fingerprint density at radius 2 is 1.91 bits per heavy atom. The van der Waals surface area contributed by atoms with Crippen LogP contribution in [0.2, 0.25) is 0 Å². The van der Waals surface area contributed by atoms with Crippen molar-refractivity contribution in [3.8, 4) is 0 Å². The zero-order valence-corrected chi connectivity index (χ0v) is 7.08. The molecule has 0 fully saturated rings. The zero-order chi connectivity index (χ0) is 8.53. The number of hydrogen-bond donors (Lipinski definition) is 1. The van der Waals surface area contributed by atoms with Crippen molar-refractivity contribution in [2.45, 2.75) is 20.0 Å². The Kier molecular flexibility index (Phi) is 7.83. The van der Waals surface area contributed by atoms with Crippen LogP contribution in [-0.2, 0) is 14.4 Å². The standard InChI is InChI=1S/C7H16O4/c1-3-9-4-5-10-6-7(2)11-8/h7-8H,3-6H2,1-2H3. The van der Waals surface area contributed by atoms with Crippen LogP contribution >= 0.6 is 0 Å². The van der Waals surface area contributed by atoms with Gasteiger partial charge in [-0.05, 0) is 13.8 Å². The third-order valence-electron chi connectivity index (χ3n) is 1.11. The summed E-state index contributed by atoms with van der Waals surface area (Å²) in [5, 5.41) is 8.13. The van der Waals surface area contributed by atoms with E-state index in [2.05, 4.69) is 4.89 Å². The molecule has 4 heteroatoms. The van der Waals surface area contributed by atoms with Gasteiger partial charge in [-0.25, -0.2) is 4.89 Å². The first kappa shape index (κ1) is 10.8. The number of rotatable bonds is 7. The van der Waals surface area contributed by atoms with E-state index in [1.54, 1.807) is 6.92 Å². The lowest BCUT2D eigenvalue weighted by atomic mass is 10.4. The van der Waals surface area contributed by atoms with E-state index in [0.717, 1.165) is 0 Å². The lowest BCUT2D eigenvalue weighted by Gasteiger charge is -2.07. The minimum Gasteiger partial charge on any atom is -0.379 e. The molecule has 4 nitrogen and oxygen atoms in total. The lowest BCUT2D eigenvalue weighted by Crippen LogP contribution is -2.16. The first-order valence-corrected chi connectivity index (χ1v) is 3.77. The van der Waals surface area contributed by atoms with Crippen molar-refractivity contribution in [2.75, 3.05) is 26.4 Å². The molecule has 0 rings (SSSR count). The van der Waals surface area contributed by atoms with Crippen LogP contribution in [0.1, 0.15) is 13.8 Å². The van der Waals surface area contributed by atoms with Crippen LogP contribution in [0.25, 0.3) is 0 Å². The number of ether oxygens (including phenoxy) is 2. The predicted molar refractivity (Wildman–Crippen MR) is 40.5 cm³/mol. The van der Waals surface area contributed by atoms with Crippen LogP contribution < -0.4 is 0 Å². The van der Waals surface area contributed by atoms with Crippen LogP contribution in [0, 0.1) is 0 Å². The molecule has 0 aromatic rings. The average molecular weight is 164 g/mol. The van der Waals surface area contributed by atoms with Gasteiger partial charge in [0, 0.05) is 6.61 Å². The van der Waals surface area contributed by atoms with Crippen molar-refractivity contribution in [1.29, 1.82) is 0 Å². The summed E-state index contributed by atoms with van der Waals surface area (Å²) in [6.07, 6.45) is -0.267. The first-order chi connectivity index (χ1) is 5.31. The molecule has 68 valence electrons. The molecular formula is C7H16O4. The number of hydrogen-bond acceptors (Lipinski definition) is 4. The van der Waals surface area contributed by atoms with Crippen molar-refractivity contribution in [1.82, 2.24) is 0 Å². The predicted octanol–water partition coefficient (Wildman–Crippen LogP) is 0.918. The molecule has 0 bridgehead atoms. The van der Waals surface area contributed by atoms with Gasteiger partial charge in [0.25, 0.3) is 0 Å². The van der Waals surface area contributed by atoms with Gasteiger partial charge in [-0.3, -0.25) is 5.26 Å². The summed E-state index contributed by atoms with van der Waals surface area (Å²) in [5.41, 5.74) is 0. The maximum Gasteiger partial charge on any atom is 0.113 e. The topological polar surface area (TPSA) is 47.9 Å². The molecule has 0 aliphatic carbocycles. The fourth-order valence-corrected chi connectivity index (χ4v) is 0.542. The maximum atomic E-state index is 8.13. The third kappa shape index (κ3) is 7.74. The van der Waals surface area contributed by atoms with Gasteiger partial charge in [0.15, 0.2) is 0 Å². The quantitative estimate of drug-likeness (QED) is 0.345. The van der Waals surface area contributed by atoms with Crippen molar-refractivity contribution in [3.05, 3.63) is 0 Å². The fraction of sp³-hybridized carbons (Fsp3) is 1.00. The first-order valence-electron chi connectivity index (χ1n) is 3.77. The van der Waals surface area contributed by atoms with Gasteiger partial charge in [-0.2, -0.15) is 0 Å². The molecule has 0 aliphatic heterocycles. The van der Waals surface area contributed by atoms with Crippen LogP contribution in [0.5, 0.6) is 0 Å². The molecule has 0 heterocycles. The Labute approximate surface area is 67.0 Å². The molecule has 0 saturated heterocycles. The highest BCUT2D eigenvalue weighted by atomic mass is 17.1. The van der Waals surface area contributed by atoms with Crippen LogP contribution in [0.3, 0.4) is 0 Å². The van der Waals surface area contributed by atoms with E-state index in [1.807, 2.05) is 6.92 Å². The summed E-state index contributed by atoms with van der Waals surface area (Å²) in [6, 6.07) is 0. The van der Waals surface area contributed by atoms with Crippen LogP contribution in [0.4, 0.5) is 0 Å². The second-order valence-corrected chi connectivity index (χ2v) is 2.19. The van der Waals surface area contributed by atoms with Crippen molar-refractivity contribution < 1.29 is 19.6 Å². The lowest BCUT2D eigenvalue weighted by molar-refractivity contribution is -0.282. The molecule has 11 heavy (non-hydrogen) atoms. The maximum absolute atomic E-state index is 8.13. The monoisotopic (exact) mass is 164 g/mol. The summed E-state index contributed by atoms with van der Waals surface area (Å²) in [5.74, 6) is 0. The van der Waals surface area contributed by atoms with Crippen molar-refractivity contribution >= 4 is 0 Å². The van der Waals surface area contributed by atoms with Gasteiger partial charge < -0.3 is 9.47 Å². The average Bonchev–Trinajstić information content (AvgIpc) is 2.04. The van der Waals surface area contributed by atoms with E-state index < -0.39 is 0 Å². The molecule has 0 aromatic carbocycles. The molecule has 0 amide bonds. The van der Waals surface area contributed by atoms with Gasteiger partial charge in [-0.1, -0.05) is 0 Å². The smallest absolute Gasteiger partial charge is 0.113 e. The van der Waals surface area contributed by atoms with Gasteiger partial charge in [-0.15, -0.1) is 0 Å². The zero-order valence-electron chi connectivity index (χ0n) is 7.08. The van der Waals surface area contributed by atoms with E-state index >= 15 is 0 Å². The molecule has 1 unspecified atom stereocenters.